The Morgan fingerprint density at radius 1 is 1.03 bits per heavy atom. The van der Waals surface area contributed by atoms with Gasteiger partial charge >= 0.3 is 5.97 Å². The second-order valence-electron chi connectivity index (χ2n) is 7.99. The number of nitrogens with one attached hydrogen (secondary N) is 1. The first-order valence-electron chi connectivity index (χ1n) is 10.4. The summed E-state index contributed by atoms with van der Waals surface area (Å²) in [5.74, 6) is -3.52. The fourth-order valence-electron chi connectivity index (χ4n) is 3.95. The van der Waals surface area contributed by atoms with Crippen LogP contribution >= 0.6 is 11.9 Å². The maximum Gasteiger partial charge on any atom is 0.330 e. The number of aliphatic carboxylic acids is 1. The Hall–Kier alpha value is -3.92. The van der Waals surface area contributed by atoms with Gasteiger partial charge in [-0.1, -0.05) is 49.0 Å². The van der Waals surface area contributed by atoms with Gasteiger partial charge in [-0.15, -0.1) is 0 Å². The third-order valence-electron chi connectivity index (χ3n) is 5.55. The number of β-lactam (4-membered cyclic amide) rings is 1. The molecule has 0 spiro atoms. The number of carbonyl (C=O) groups excluding carboxylic acids is 4. The highest BCUT2D eigenvalue weighted by atomic mass is 32.2. The second kappa shape index (κ2) is 9.14. The van der Waals surface area contributed by atoms with E-state index >= 15 is 0 Å². The Labute approximate surface area is 199 Å². The van der Waals surface area contributed by atoms with Crippen LogP contribution in [-0.2, 0) is 20.8 Å². The van der Waals surface area contributed by atoms with Crippen LogP contribution in [0, 0.1) is 0 Å². The van der Waals surface area contributed by atoms with Crippen molar-refractivity contribution in [3.8, 4) is 0 Å². The summed E-state index contributed by atoms with van der Waals surface area (Å²) < 4.78 is 0.905. The standard InChI is InChI=1S/C24H21N3O6S/c1-13(2)19(24(32)33)26-22(31)18(25-17(28)12-14-8-4-3-5-9-14)23(26)34-27-20(29)15-10-6-7-11-16(15)21(27)30/h3-11,18-19,23H,1,12H2,2H3,(H,25,28)(H,32,33). The van der Waals surface area contributed by atoms with E-state index in [4.69, 9.17) is 0 Å². The van der Waals surface area contributed by atoms with Crippen LogP contribution in [0.25, 0.3) is 0 Å². The number of imide groups is 1. The molecule has 4 amide bonds. The molecule has 0 saturated carbocycles. The van der Waals surface area contributed by atoms with Crippen LogP contribution in [0.5, 0.6) is 0 Å². The summed E-state index contributed by atoms with van der Waals surface area (Å²) in [5, 5.41) is 11.3. The van der Waals surface area contributed by atoms with E-state index in [0.29, 0.717) is 0 Å². The van der Waals surface area contributed by atoms with Crippen molar-refractivity contribution in [2.75, 3.05) is 0 Å². The van der Waals surface area contributed by atoms with Crippen LogP contribution in [0.3, 0.4) is 0 Å². The van der Waals surface area contributed by atoms with E-state index in [0.717, 1.165) is 26.7 Å². The van der Waals surface area contributed by atoms with E-state index in [1.165, 1.54) is 19.1 Å². The number of carbonyl (C=O) groups is 5. The minimum Gasteiger partial charge on any atom is -0.479 e. The Morgan fingerprint density at radius 3 is 2.12 bits per heavy atom. The topological polar surface area (TPSA) is 124 Å². The van der Waals surface area contributed by atoms with Crippen LogP contribution in [0.2, 0.25) is 0 Å². The van der Waals surface area contributed by atoms with Gasteiger partial charge in [0.05, 0.1) is 17.5 Å². The highest BCUT2D eigenvalue weighted by Gasteiger charge is 2.56. The number of fused-ring (bicyclic) bond motifs is 1. The average Bonchev–Trinajstić information content (AvgIpc) is 3.05. The molecule has 3 atom stereocenters. The summed E-state index contributed by atoms with van der Waals surface area (Å²) in [5.41, 5.74) is 1.37. The molecule has 34 heavy (non-hydrogen) atoms. The van der Waals surface area contributed by atoms with Crippen molar-refractivity contribution >= 4 is 41.5 Å². The number of nitrogens with zero attached hydrogens (tertiary/aromatic N) is 2. The van der Waals surface area contributed by atoms with Gasteiger partial charge in [-0.25, -0.2) is 9.10 Å². The molecular formula is C24H21N3O6S. The van der Waals surface area contributed by atoms with Gasteiger partial charge in [-0.3, -0.25) is 19.2 Å². The van der Waals surface area contributed by atoms with Crippen molar-refractivity contribution in [2.24, 2.45) is 0 Å². The Morgan fingerprint density at radius 2 is 1.59 bits per heavy atom. The molecule has 0 aliphatic carbocycles. The van der Waals surface area contributed by atoms with Crippen molar-refractivity contribution in [3.63, 3.8) is 0 Å². The van der Waals surface area contributed by atoms with Gasteiger partial charge in [0.25, 0.3) is 11.8 Å². The molecule has 2 aliphatic rings. The first kappa shape index (κ1) is 23.2. The zero-order valence-corrected chi connectivity index (χ0v) is 19.0. The van der Waals surface area contributed by atoms with Gasteiger partial charge in [0, 0.05) is 0 Å². The molecule has 4 rings (SSSR count). The lowest BCUT2D eigenvalue weighted by atomic mass is 9.99. The quantitative estimate of drug-likeness (QED) is 0.256. The second-order valence-corrected chi connectivity index (χ2v) is 9.05. The molecule has 174 valence electrons. The molecule has 2 N–H and O–H groups in total. The van der Waals surface area contributed by atoms with Gasteiger partial charge in [0.15, 0.2) is 6.04 Å². The summed E-state index contributed by atoms with van der Waals surface area (Å²) in [4.78, 5) is 64.2. The highest BCUT2D eigenvalue weighted by Crippen LogP contribution is 2.39. The first-order valence-corrected chi connectivity index (χ1v) is 11.2. The molecule has 1 fully saturated rings. The predicted molar refractivity (Wildman–Crippen MR) is 123 cm³/mol. The fourth-order valence-corrected chi connectivity index (χ4v) is 5.19. The molecule has 2 aliphatic heterocycles. The first-order chi connectivity index (χ1) is 16.2. The van der Waals surface area contributed by atoms with Gasteiger partial charge in [-0.2, -0.15) is 0 Å². The van der Waals surface area contributed by atoms with Crippen LogP contribution < -0.4 is 5.32 Å². The van der Waals surface area contributed by atoms with Crippen LogP contribution in [0.15, 0.2) is 66.7 Å². The minimum atomic E-state index is -1.37. The zero-order chi connectivity index (χ0) is 24.6. The normalized spacial score (nSPS) is 20.0. The van der Waals surface area contributed by atoms with Gasteiger partial charge in [0.2, 0.25) is 11.8 Å². The molecule has 0 radical (unpaired) electrons. The number of hydrogen-bond donors (Lipinski definition) is 2. The third kappa shape index (κ3) is 4.08. The van der Waals surface area contributed by atoms with Crippen LogP contribution in [0.1, 0.15) is 33.2 Å². The molecule has 2 aromatic carbocycles. The lowest BCUT2D eigenvalue weighted by Crippen LogP contribution is -2.73. The number of carboxylic acids is 1. The third-order valence-corrected chi connectivity index (χ3v) is 6.81. The molecule has 2 heterocycles. The Bertz CT molecular complexity index is 1170. The lowest BCUT2D eigenvalue weighted by Gasteiger charge is -2.49. The molecule has 9 nitrogen and oxygen atoms in total. The Balaban J connectivity index is 1.59. The van der Waals surface area contributed by atoms with Crippen molar-refractivity contribution < 1.29 is 29.1 Å². The van der Waals surface area contributed by atoms with E-state index in [2.05, 4.69) is 11.9 Å². The SMILES string of the molecule is C=C(C)C(C(=O)O)N1C(=O)C(NC(=O)Cc2ccccc2)C1SN1C(=O)c2ccccc2C1=O. The summed E-state index contributed by atoms with van der Waals surface area (Å²) in [6.07, 6.45) is 0.0118. The number of carboxylic acid groups (broad SMARTS) is 1. The summed E-state index contributed by atoms with van der Waals surface area (Å²) >= 11 is 0.718. The largest absolute Gasteiger partial charge is 0.479 e. The summed E-state index contributed by atoms with van der Waals surface area (Å²) in [6, 6.07) is 12.7. The van der Waals surface area contributed by atoms with Crippen LogP contribution in [0.4, 0.5) is 0 Å². The Kier molecular flexibility index (Phi) is 6.25. The van der Waals surface area contributed by atoms with E-state index in [1.807, 2.05) is 6.07 Å². The van der Waals surface area contributed by atoms with Crippen molar-refractivity contribution in [1.82, 2.24) is 14.5 Å². The molecule has 2 aromatic rings. The van der Waals surface area contributed by atoms with Gasteiger partial charge in [0.1, 0.15) is 11.4 Å². The summed E-state index contributed by atoms with van der Waals surface area (Å²) in [6.45, 7) is 5.14. The maximum absolute atomic E-state index is 13.0. The molecule has 10 heteroatoms. The zero-order valence-electron chi connectivity index (χ0n) is 18.1. The number of amides is 4. The highest BCUT2D eigenvalue weighted by molar-refractivity contribution is 7.98. The summed E-state index contributed by atoms with van der Waals surface area (Å²) in [7, 11) is 0. The van der Waals surface area contributed by atoms with E-state index < -0.39 is 47.1 Å². The predicted octanol–water partition coefficient (Wildman–Crippen LogP) is 1.86. The molecule has 1 saturated heterocycles. The number of rotatable bonds is 8. The van der Waals surface area contributed by atoms with Crippen molar-refractivity contribution in [1.29, 1.82) is 0 Å². The van der Waals surface area contributed by atoms with E-state index in [1.54, 1.807) is 36.4 Å². The van der Waals surface area contributed by atoms with E-state index in [9.17, 15) is 29.1 Å². The lowest BCUT2D eigenvalue weighted by molar-refractivity contribution is -0.159. The fraction of sp³-hybridized carbons (Fsp3) is 0.208. The maximum atomic E-state index is 13.0. The number of likely N-dealkylation sites (tertiary alicyclic amines) is 1. The molecule has 0 aromatic heterocycles. The molecule has 0 bridgehead atoms. The minimum absolute atomic E-state index is 0.0118. The van der Waals surface area contributed by atoms with Crippen molar-refractivity contribution in [2.45, 2.75) is 30.8 Å². The molecular weight excluding hydrogens is 458 g/mol. The van der Waals surface area contributed by atoms with E-state index in [-0.39, 0.29) is 23.1 Å². The monoisotopic (exact) mass is 479 g/mol. The van der Waals surface area contributed by atoms with Gasteiger partial charge < -0.3 is 15.3 Å². The number of hydrogen-bond acceptors (Lipinski definition) is 6. The van der Waals surface area contributed by atoms with Gasteiger partial charge in [-0.05, 0) is 42.1 Å². The smallest absolute Gasteiger partial charge is 0.330 e. The average molecular weight is 480 g/mol. The number of benzene rings is 2. The molecule has 3 unspecified atom stereocenters. The van der Waals surface area contributed by atoms with Crippen LogP contribution in [-0.4, -0.2) is 61.4 Å². The van der Waals surface area contributed by atoms with Crippen molar-refractivity contribution in [3.05, 3.63) is 83.4 Å².